The first-order chi connectivity index (χ1) is 6.97. The Labute approximate surface area is 85.5 Å². The topological polar surface area (TPSA) is 50.9 Å². The SMILES string of the molecule is Nc1ccc(CCNCC(F)(F)F)nc1. The minimum absolute atomic E-state index is 0.246. The van der Waals surface area contributed by atoms with E-state index in [2.05, 4.69) is 10.3 Å². The van der Waals surface area contributed by atoms with Gasteiger partial charge in [-0.05, 0) is 12.1 Å². The highest BCUT2D eigenvalue weighted by atomic mass is 19.4. The third kappa shape index (κ3) is 5.21. The predicted octanol–water partition coefficient (Wildman–Crippen LogP) is 1.36. The predicted molar refractivity (Wildman–Crippen MR) is 51.3 cm³/mol. The number of nitrogen functional groups attached to an aromatic ring is 1. The van der Waals surface area contributed by atoms with Crippen LogP contribution in [0.5, 0.6) is 0 Å². The molecule has 3 N–H and O–H groups in total. The molecule has 6 heteroatoms. The first-order valence-corrected chi connectivity index (χ1v) is 4.45. The molecule has 0 fully saturated rings. The Morgan fingerprint density at radius 1 is 1.33 bits per heavy atom. The van der Waals surface area contributed by atoms with Crippen molar-refractivity contribution in [3.8, 4) is 0 Å². The van der Waals surface area contributed by atoms with Crippen molar-refractivity contribution < 1.29 is 13.2 Å². The molecule has 0 saturated heterocycles. The van der Waals surface area contributed by atoms with E-state index < -0.39 is 12.7 Å². The molecule has 0 amide bonds. The fourth-order valence-electron chi connectivity index (χ4n) is 1.03. The second kappa shape index (κ2) is 4.97. The molecule has 0 bridgehead atoms. The molecule has 0 atom stereocenters. The van der Waals surface area contributed by atoms with Crippen LogP contribution in [0.2, 0.25) is 0 Å². The van der Waals surface area contributed by atoms with Gasteiger partial charge >= 0.3 is 6.18 Å². The van der Waals surface area contributed by atoms with E-state index in [0.717, 1.165) is 5.69 Å². The zero-order valence-corrected chi connectivity index (χ0v) is 8.01. The third-order valence-electron chi connectivity index (χ3n) is 1.73. The van der Waals surface area contributed by atoms with Crippen molar-refractivity contribution in [3.05, 3.63) is 24.0 Å². The quantitative estimate of drug-likeness (QED) is 0.752. The summed E-state index contributed by atoms with van der Waals surface area (Å²) in [5.74, 6) is 0. The van der Waals surface area contributed by atoms with Crippen molar-refractivity contribution in [2.24, 2.45) is 0 Å². The van der Waals surface area contributed by atoms with Gasteiger partial charge in [0.1, 0.15) is 0 Å². The number of aromatic nitrogens is 1. The third-order valence-corrected chi connectivity index (χ3v) is 1.73. The molecule has 84 valence electrons. The Hall–Kier alpha value is -1.30. The van der Waals surface area contributed by atoms with E-state index in [1.165, 1.54) is 6.20 Å². The normalized spacial score (nSPS) is 11.7. The van der Waals surface area contributed by atoms with Gasteiger partial charge in [0.05, 0.1) is 18.4 Å². The second-order valence-electron chi connectivity index (χ2n) is 3.12. The van der Waals surface area contributed by atoms with Crippen LogP contribution in [0.4, 0.5) is 18.9 Å². The van der Waals surface area contributed by atoms with E-state index in [-0.39, 0.29) is 6.54 Å². The number of rotatable bonds is 4. The molecule has 1 rings (SSSR count). The lowest BCUT2D eigenvalue weighted by Gasteiger charge is -2.07. The molecule has 1 heterocycles. The monoisotopic (exact) mass is 219 g/mol. The van der Waals surface area contributed by atoms with Gasteiger partial charge in [0.15, 0.2) is 0 Å². The average molecular weight is 219 g/mol. The summed E-state index contributed by atoms with van der Waals surface area (Å²) >= 11 is 0. The smallest absolute Gasteiger partial charge is 0.397 e. The number of hydrogen-bond acceptors (Lipinski definition) is 3. The summed E-state index contributed by atoms with van der Waals surface area (Å²) in [6.07, 6.45) is -2.22. The van der Waals surface area contributed by atoms with Crippen LogP contribution in [-0.4, -0.2) is 24.2 Å². The molecule has 0 aliphatic heterocycles. The lowest BCUT2D eigenvalue weighted by atomic mass is 10.2. The Kier molecular flexibility index (Phi) is 3.90. The van der Waals surface area contributed by atoms with E-state index in [1.807, 2.05) is 0 Å². The Morgan fingerprint density at radius 3 is 2.60 bits per heavy atom. The fraction of sp³-hybridized carbons (Fsp3) is 0.444. The molecule has 0 aromatic carbocycles. The molecule has 0 aliphatic rings. The molecule has 3 nitrogen and oxygen atoms in total. The van der Waals surface area contributed by atoms with Crippen molar-refractivity contribution in [2.75, 3.05) is 18.8 Å². The number of halogens is 3. The van der Waals surface area contributed by atoms with E-state index in [9.17, 15) is 13.2 Å². The zero-order chi connectivity index (χ0) is 11.3. The van der Waals surface area contributed by atoms with Gasteiger partial charge in [0, 0.05) is 18.7 Å². The van der Waals surface area contributed by atoms with Crippen LogP contribution in [0.15, 0.2) is 18.3 Å². The molecule has 0 radical (unpaired) electrons. The number of pyridine rings is 1. The first-order valence-electron chi connectivity index (χ1n) is 4.45. The highest BCUT2D eigenvalue weighted by Crippen LogP contribution is 2.12. The van der Waals surface area contributed by atoms with Gasteiger partial charge in [-0.25, -0.2) is 0 Å². The summed E-state index contributed by atoms with van der Waals surface area (Å²) in [5.41, 5.74) is 6.68. The summed E-state index contributed by atoms with van der Waals surface area (Å²) in [6, 6.07) is 3.37. The zero-order valence-electron chi connectivity index (χ0n) is 8.01. The van der Waals surface area contributed by atoms with Crippen molar-refractivity contribution >= 4 is 5.69 Å². The van der Waals surface area contributed by atoms with Crippen molar-refractivity contribution in [1.82, 2.24) is 10.3 Å². The minimum Gasteiger partial charge on any atom is -0.397 e. The Morgan fingerprint density at radius 2 is 2.07 bits per heavy atom. The Bertz CT molecular complexity index is 294. The van der Waals surface area contributed by atoms with Crippen molar-refractivity contribution in [2.45, 2.75) is 12.6 Å². The van der Waals surface area contributed by atoms with Crippen LogP contribution >= 0.6 is 0 Å². The number of nitrogens with two attached hydrogens (primary N) is 1. The lowest BCUT2D eigenvalue weighted by Crippen LogP contribution is -2.30. The van der Waals surface area contributed by atoms with E-state index in [0.29, 0.717) is 12.1 Å². The Balaban J connectivity index is 2.23. The summed E-state index contributed by atoms with van der Waals surface area (Å²) in [6.45, 7) is -0.724. The van der Waals surface area contributed by atoms with Gasteiger partial charge in [-0.1, -0.05) is 0 Å². The molecule has 1 aromatic heterocycles. The standard InChI is InChI=1S/C9H12F3N3/c10-9(11,12)6-14-4-3-8-2-1-7(13)5-15-8/h1-2,5,14H,3-4,6,13H2. The van der Waals surface area contributed by atoms with Crippen LogP contribution < -0.4 is 11.1 Å². The maximum Gasteiger partial charge on any atom is 0.401 e. The summed E-state index contributed by atoms with van der Waals surface area (Å²) < 4.78 is 35.2. The number of alkyl halides is 3. The van der Waals surface area contributed by atoms with Crippen LogP contribution in [0.1, 0.15) is 5.69 Å². The lowest BCUT2D eigenvalue weighted by molar-refractivity contribution is -0.124. The molecular formula is C9H12F3N3. The van der Waals surface area contributed by atoms with Crippen LogP contribution in [-0.2, 0) is 6.42 Å². The van der Waals surface area contributed by atoms with Crippen molar-refractivity contribution in [3.63, 3.8) is 0 Å². The van der Waals surface area contributed by atoms with Gasteiger partial charge in [-0.3, -0.25) is 4.98 Å². The highest BCUT2D eigenvalue weighted by molar-refractivity contribution is 5.34. The van der Waals surface area contributed by atoms with Crippen LogP contribution in [0.3, 0.4) is 0 Å². The number of nitrogens with one attached hydrogen (secondary N) is 1. The van der Waals surface area contributed by atoms with Crippen LogP contribution in [0, 0.1) is 0 Å². The highest BCUT2D eigenvalue weighted by Gasteiger charge is 2.25. The fourth-order valence-corrected chi connectivity index (χ4v) is 1.03. The average Bonchev–Trinajstić information content (AvgIpc) is 2.14. The number of nitrogens with zero attached hydrogens (tertiary/aromatic N) is 1. The largest absolute Gasteiger partial charge is 0.401 e. The van der Waals surface area contributed by atoms with E-state index in [4.69, 9.17) is 5.73 Å². The molecule has 0 aliphatic carbocycles. The van der Waals surface area contributed by atoms with Gasteiger partial charge in [-0.2, -0.15) is 13.2 Å². The van der Waals surface area contributed by atoms with Crippen LogP contribution in [0.25, 0.3) is 0 Å². The first kappa shape index (κ1) is 11.8. The van der Waals surface area contributed by atoms with Gasteiger partial charge < -0.3 is 11.1 Å². The van der Waals surface area contributed by atoms with Gasteiger partial charge in [0.25, 0.3) is 0 Å². The summed E-state index contributed by atoms with van der Waals surface area (Å²) in [5, 5.41) is 2.29. The van der Waals surface area contributed by atoms with Gasteiger partial charge in [-0.15, -0.1) is 0 Å². The number of anilines is 1. The molecule has 0 unspecified atom stereocenters. The van der Waals surface area contributed by atoms with Gasteiger partial charge in [0.2, 0.25) is 0 Å². The maximum absolute atomic E-state index is 11.7. The molecule has 0 spiro atoms. The van der Waals surface area contributed by atoms with E-state index in [1.54, 1.807) is 12.1 Å². The summed E-state index contributed by atoms with van der Waals surface area (Å²) in [4.78, 5) is 3.97. The molecule has 0 saturated carbocycles. The number of hydrogen-bond donors (Lipinski definition) is 2. The molecular weight excluding hydrogens is 207 g/mol. The van der Waals surface area contributed by atoms with Crippen molar-refractivity contribution in [1.29, 1.82) is 0 Å². The molecule has 15 heavy (non-hydrogen) atoms. The maximum atomic E-state index is 11.7. The van der Waals surface area contributed by atoms with E-state index >= 15 is 0 Å². The summed E-state index contributed by atoms with van der Waals surface area (Å²) in [7, 11) is 0. The molecule has 1 aromatic rings. The minimum atomic E-state index is -4.16. The second-order valence-corrected chi connectivity index (χ2v) is 3.12.